The third-order valence-electron chi connectivity index (χ3n) is 20.2. The van der Waals surface area contributed by atoms with Crippen LogP contribution >= 0.6 is 0 Å². The highest BCUT2D eigenvalue weighted by atomic mass is 16.6. The van der Waals surface area contributed by atoms with Crippen LogP contribution in [0.4, 0.5) is 0 Å². The summed E-state index contributed by atoms with van der Waals surface area (Å²) in [5.74, 6) is -12.5. The molecule has 8 rings (SSSR count). The van der Waals surface area contributed by atoms with Crippen molar-refractivity contribution in [3.8, 4) is 0 Å². The van der Waals surface area contributed by atoms with Crippen molar-refractivity contribution in [1.29, 1.82) is 0 Å². The van der Waals surface area contributed by atoms with E-state index in [1.807, 2.05) is 13.8 Å². The molecule has 27 nitrogen and oxygen atoms in total. The maximum absolute atomic E-state index is 16.0. The van der Waals surface area contributed by atoms with Crippen LogP contribution in [0.1, 0.15) is 160 Å². The van der Waals surface area contributed by atoms with Crippen molar-refractivity contribution in [1.82, 2.24) is 31.5 Å². The highest BCUT2D eigenvalue weighted by molar-refractivity contribution is 5.98. The molecule has 0 radical (unpaired) electrons. The predicted molar refractivity (Wildman–Crippen MR) is 358 cm³/mol. The van der Waals surface area contributed by atoms with Crippen LogP contribution in [-0.4, -0.2) is 184 Å². The van der Waals surface area contributed by atoms with Crippen molar-refractivity contribution in [3.63, 3.8) is 0 Å². The number of nitrogens with one attached hydrogen (secondary N) is 5. The van der Waals surface area contributed by atoms with Gasteiger partial charge in [-0.3, -0.25) is 43.2 Å². The van der Waals surface area contributed by atoms with Crippen molar-refractivity contribution in [3.05, 3.63) is 119 Å². The van der Waals surface area contributed by atoms with E-state index < -0.39 is 185 Å². The number of rotatable bonds is 27. The first-order valence-electron chi connectivity index (χ1n) is 34.1. The fraction of sp³-hybridized carbons (Fsp3) is 0.562. The van der Waals surface area contributed by atoms with Gasteiger partial charge in [0.05, 0.1) is 36.2 Å². The maximum atomic E-state index is 16.0. The molecule has 9 N–H and O–H groups in total. The summed E-state index contributed by atoms with van der Waals surface area (Å²) in [5.41, 5.74) is -2.48. The van der Waals surface area contributed by atoms with E-state index >= 15 is 14.4 Å². The molecule has 5 aliphatic rings. The van der Waals surface area contributed by atoms with Crippen LogP contribution in [0.2, 0.25) is 0 Å². The van der Waals surface area contributed by atoms with Crippen LogP contribution in [0, 0.1) is 28.6 Å². The molecule has 2 saturated carbocycles. The number of benzene rings is 3. The topological polar surface area (TPSA) is 390 Å². The van der Waals surface area contributed by atoms with Crippen LogP contribution in [-0.2, 0) is 76.4 Å². The summed E-state index contributed by atoms with van der Waals surface area (Å²) in [5, 5.41) is 40.2. The van der Waals surface area contributed by atoms with Gasteiger partial charge in [0.25, 0.3) is 5.91 Å². The number of ketones is 1. The van der Waals surface area contributed by atoms with E-state index in [0.717, 1.165) is 18.7 Å². The number of amides is 6. The summed E-state index contributed by atoms with van der Waals surface area (Å²) in [6.45, 7) is 15.5. The SMILES string of the molecule is CC(=O)N[C@H](C(=O)N[C@@H](CC(C)C)C(=O)N[C@@H](CCCCN)C(=O)NCC(=O)N1CCC[C@H]1C(=O)O[C@@H](C(=O)O[C@H]1C[C@@]2(O)[C@@H](OC(=O)c3ccccc3)C3[C@]4(OC(C)=O)COC4C[C@H](O)[C@@]3(C)C(=O)[C@H](OC(C)=O)C(=C1C)C2(C)C)[C@@H](NC(=O)c1ccccc1)c1ccccc1)C(C)C. The highest BCUT2D eigenvalue weighted by Crippen LogP contribution is 2.64. The Kier molecular flexibility index (Phi) is 24.7. The Bertz CT molecular complexity index is 3590. The van der Waals surface area contributed by atoms with Crippen molar-refractivity contribution >= 4 is 71.1 Å². The van der Waals surface area contributed by atoms with Gasteiger partial charge in [0.15, 0.2) is 17.5 Å². The molecule has 3 aromatic carbocycles. The van der Waals surface area contributed by atoms with Gasteiger partial charge in [0.1, 0.15) is 54.1 Å². The number of aliphatic hydroxyl groups excluding tert-OH is 1. The quantitative estimate of drug-likeness (QED) is 0.0233. The summed E-state index contributed by atoms with van der Waals surface area (Å²) in [4.78, 5) is 173. The van der Waals surface area contributed by atoms with E-state index in [1.165, 1.54) is 58.9 Å². The zero-order valence-electron chi connectivity index (χ0n) is 58.5. The summed E-state index contributed by atoms with van der Waals surface area (Å²) < 4.78 is 37.5. The van der Waals surface area contributed by atoms with Crippen LogP contribution in [0.5, 0.6) is 0 Å². The molecule has 542 valence electrons. The Labute approximate surface area is 581 Å². The first-order chi connectivity index (χ1) is 47.2. The molecular weight excluding hydrogens is 1290 g/mol. The smallest absolute Gasteiger partial charge is 0.350 e. The Morgan fingerprint density at radius 2 is 1.37 bits per heavy atom. The molecule has 2 bridgehead atoms. The number of hydrogen-bond donors (Lipinski definition) is 8. The maximum Gasteiger partial charge on any atom is 0.350 e. The lowest BCUT2D eigenvalue weighted by Crippen LogP contribution is -2.82. The number of esters is 5. The number of hydrogen-bond acceptors (Lipinski definition) is 21. The summed E-state index contributed by atoms with van der Waals surface area (Å²) in [6, 6.07) is 17.1. The third-order valence-corrected chi connectivity index (χ3v) is 20.2. The number of Topliss-reactive ketones (excluding diaryl/α,β-unsaturated/α-hetero) is 1. The molecule has 27 heteroatoms. The van der Waals surface area contributed by atoms with Gasteiger partial charge in [-0.25, -0.2) is 14.4 Å². The number of carbonyl (C=O) groups excluding carboxylic acids is 12. The minimum Gasteiger partial charge on any atom is -0.455 e. The summed E-state index contributed by atoms with van der Waals surface area (Å²) in [6.07, 6.45) is -10.4. The second kappa shape index (κ2) is 32.2. The Morgan fingerprint density at radius 1 is 0.750 bits per heavy atom. The first-order valence-corrected chi connectivity index (χ1v) is 34.1. The predicted octanol–water partition coefficient (Wildman–Crippen LogP) is 3.70. The normalized spacial score (nSPS) is 26.5. The van der Waals surface area contributed by atoms with Gasteiger partial charge >= 0.3 is 29.8 Å². The molecular formula is C73H95N7O20. The van der Waals surface area contributed by atoms with Gasteiger partial charge in [0, 0.05) is 51.1 Å². The van der Waals surface area contributed by atoms with E-state index in [9.17, 15) is 53.4 Å². The molecule has 6 amide bonds. The molecule has 2 heterocycles. The number of fused-ring (bicyclic) bond motifs is 5. The van der Waals surface area contributed by atoms with E-state index in [1.54, 1.807) is 80.6 Å². The lowest BCUT2D eigenvalue weighted by molar-refractivity contribution is -0.346. The molecule has 0 aromatic heterocycles. The minimum absolute atomic E-state index is 0.00992. The van der Waals surface area contributed by atoms with Gasteiger partial charge in [-0.15, -0.1) is 0 Å². The van der Waals surface area contributed by atoms with Crippen LogP contribution in [0.15, 0.2) is 102 Å². The number of aliphatic hydroxyl groups is 2. The molecule has 2 saturated heterocycles. The second-order valence-electron chi connectivity index (χ2n) is 28.2. The van der Waals surface area contributed by atoms with E-state index in [-0.39, 0.29) is 84.9 Å². The van der Waals surface area contributed by atoms with Crippen molar-refractivity contribution < 1.29 is 96.2 Å². The number of ether oxygens (including phenoxy) is 6. The Morgan fingerprint density at radius 3 is 1.94 bits per heavy atom. The van der Waals surface area contributed by atoms with Crippen molar-refractivity contribution in [2.45, 2.75) is 206 Å². The van der Waals surface area contributed by atoms with E-state index in [0.29, 0.717) is 12.8 Å². The van der Waals surface area contributed by atoms with Crippen LogP contribution in [0.3, 0.4) is 0 Å². The number of likely N-dealkylation sites (tertiary alicyclic amines) is 1. The van der Waals surface area contributed by atoms with Crippen molar-refractivity contribution in [2.24, 2.45) is 34.3 Å². The van der Waals surface area contributed by atoms with Gasteiger partial charge < -0.3 is 75.9 Å². The van der Waals surface area contributed by atoms with Gasteiger partial charge in [0.2, 0.25) is 35.6 Å². The fourth-order valence-corrected chi connectivity index (χ4v) is 14.9. The molecule has 0 spiro atoms. The Balaban J connectivity index is 1.16. The van der Waals surface area contributed by atoms with Gasteiger partial charge in [-0.1, -0.05) is 108 Å². The molecule has 2 unspecified atom stereocenters. The Hall–Kier alpha value is -8.92. The van der Waals surface area contributed by atoms with Crippen LogP contribution < -0.4 is 32.3 Å². The number of nitrogens with zero attached hydrogens (tertiary/aromatic N) is 1. The highest BCUT2D eigenvalue weighted by Gasteiger charge is 2.78. The van der Waals surface area contributed by atoms with Crippen LogP contribution in [0.25, 0.3) is 0 Å². The number of carbonyl (C=O) groups is 12. The second-order valence-corrected chi connectivity index (χ2v) is 28.2. The lowest BCUT2D eigenvalue weighted by atomic mass is 9.44. The number of unbranched alkanes of at least 4 members (excludes halogenated alkanes) is 1. The standard InChI is InChI=1S/C73H95N7O20/c1-39(2)34-49(78-66(90)56(40(3)4)76-42(6)81)65(89)77-48(30-21-22-32-74)64(88)75-37-54(85)80-33-23-31-50(80)68(92)98-59(57(45-24-15-12-16-25-45)79-63(87)46-26-17-13-18-27-46)69(93)97-51-36-73(94)62(99-67(91)47-28-19-14-20-29-47)60-71(11,52(84)35-53-72(60,38-95-53)100-44(8)83)61(86)58(96-43(7)82)55(41(51)5)70(73,9)10/h12-20,24-29,39-40,48-53,56-60,62,84,94H,21-23,30-38,74H2,1-11H3,(H,75,88)(H,76,81)(H,77,89)(H,78,90)(H,79,87)/t48-,49-,50-,51-,52-,53?,56-,57-,58+,59+,60?,62-,71+,72-,73+/m0/s1. The van der Waals surface area contributed by atoms with Crippen molar-refractivity contribution in [2.75, 3.05) is 26.2 Å². The summed E-state index contributed by atoms with van der Waals surface area (Å²) in [7, 11) is 0. The molecule has 4 fully saturated rings. The zero-order valence-corrected chi connectivity index (χ0v) is 58.5. The first kappa shape index (κ1) is 76.8. The molecule has 15 atom stereocenters. The largest absolute Gasteiger partial charge is 0.455 e. The fourth-order valence-electron chi connectivity index (χ4n) is 14.9. The number of nitrogens with two attached hydrogens (primary N) is 1. The molecule has 3 aromatic rings. The van der Waals surface area contributed by atoms with E-state index in [4.69, 9.17) is 34.2 Å². The van der Waals surface area contributed by atoms with E-state index in [2.05, 4.69) is 26.6 Å². The average molecular weight is 1390 g/mol. The third kappa shape index (κ3) is 16.3. The molecule has 3 aliphatic carbocycles. The summed E-state index contributed by atoms with van der Waals surface area (Å²) >= 11 is 0. The molecule has 100 heavy (non-hydrogen) atoms. The van der Waals surface area contributed by atoms with Gasteiger partial charge in [-0.05, 0) is 112 Å². The van der Waals surface area contributed by atoms with Gasteiger partial charge in [-0.2, -0.15) is 0 Å². The minimum atomic E-state index is -2.59. The molecule has 2 aliphatic heterocycles. The lowest BCUT2D eigenvalue weighted by Gasteiger charge is -2.67. The monoisotopic (exact) mass is 1390 g/mol. The average Bonchev–Trinajstić information content (AvgIpc) is 0.722. The zero-order chi connectivity index (χ0) is 73.3.